The third-order valence-corrected chi connectivity index (χ3v) is 11.4. The molecule has 5 heteroatoms. The molecule has 0 aliphatic carbocycles. The quantitative estimate of drug-likeness (QED) is 0.163. The Labute approximate surface area is 290 Å². The van der Waals surface area contributed by atoms with Gasteiger partial charge in [-0.05, 0) is 0 Å². The molecule has 0 fully saturated rings. The molecule has 0 aliphatic heterocycles. The summed E-state index contributed by atoms with van der Waals surface area (Å²) >= 11 is 0.178. The summed E-state index contributed by atoms with van der Waals surface area (Å²) < 4.78 is 2.76. The van der Waals surface area contributed by atoms with Crippen LogP contribution in [-0.4, -0.2) is 34.9 Å². The molecule has 4 nitrogen and oxygen atoms in total. The maximum absolute atomic E-state index is 4.91. The van der Waals surface area contributed by atoms with Crippen molar-refractivity contribution in [3.05, 3.63) is 170 Å². The van der Waals surface area contributed by atoms with Gasteiger partial charge in [0.05, 0.1) is 0 Å². The van der Waals surface area contributed by atoms with E-state index in [0.29, 0.717) is 0 Å². The first-order chi connectivity index (χ1) is 24.3. The van der Waals surface area contributed by atoms with Gasteiger partial charge in [0.25, 0.3) is 0 Å². The Morgan fingerprint density at radius 2 is 1.04 bits per heavy atom. The van der Waals surface area contributed by atoms with E-state index in [1.54, 1.807) is 0 Å². The summed E-state index contributed by atoms with van der Waals surface area (Å²) in [6.45, 7) is 0. The molecule has 3 heterocycles. The fourth-order valence-corrected chi connectivity index (χ4v) is 9.21. The zero-order valence-corrected chi connectivity index (χ0v) is 28.1. The van der Waals surface area contributed by atoms with E-state index in [1.165, 1.54) is 19.3 Å². The molecular formula is C44H28N4Se. The van der Waals surface area contributed by atoms with Gasteiger partial charge in [-0.1, -0.05) is 0 Å². The topological polar surface area (TPSA) is 51.6 Å². The SMILES string of the molecule is c1ccc(-c2cccc(-c3nnnc(-c4ccccc4)c3-c3ccccc3)c2-c2c(-c3ccccn3)ccc3[se]c4ccccc4c23)cc1. The van der Waals surface area contributed by atoms with Gasteiger partial charge in [-0.2, -0.15) is 0 Å². The van der Waals surface area contributed by atoms with Crippen LogP contribution < -0.4 is 0 Å². The van der Waals surface area contributed by atoms with Gasteiger partial charge in [-0.3, -0.25) is 0 Å². The van der Waals surface area contributed by atoms with E-state index < -0.39 is 0 Å². The molecule has 0 unspecified atom stereocenters. The van der Waals surface area contributed by atoms with E-state index in [1.807, 2.05) is 36.5 Å². The van der Waals surface area contributed by atoms with Crippen LogP contribution >= 0.6 is 0 Å². The molecule has 0 radical (unpaired) electrons. The van der Waals surface area contributed by atoms with Crippen LogP contribution in [0.25, 0.3) is 86.4 Å². The predicted octanol–water partition coefficient (Wildman–Crippen LogP) is 10.6. The Morgan fingerprint density at radius 1 is 0.388 bits per heavy atom. The summed E-state index contributed by atoms with van der Waals surface area (Å²) in [7, 11) is 0. The molecule has 9 aromatic rings. The van der Waals surface area contributed by atoms with Gasteiger partial charge < -0.3 is 0 Å². The van der Waals surface area contributed by atoms with Crippen LogP contribution in [0, 0.1) is 0 Å². The van der Waals surface area contributed by atoms with Gasteiger partial charge >= 0.3 is 291 Å². The molecule has 0 amide bonds. The zero-order valence-electron chi connectivity index (χ0n) is 26.4. The van der Waals surface area contributed by atoms with E-state index in [4.69, 9.17) is 10.1 Å². The third kappa shape index (κ3) is 5.17. The molecule has 3 aromatic heterocycles. The van der Waals surface area contributed by atoms with Crippen molar-refractivity contribution < 1.29 is 0 Å². The second-order valence-corrected chi connectivity index (χ2v) is 14.1. The average Bonchev–Trinajstić information content (AvgIpc) is 3.57. The summed E-state index contributed by atoms with van der Waals surface area (Å²) in [6.07, 6.45) is 1.88. The molecule has 0 spiro atoms. The summed E-state index contributed by atoms with van der Waals surface area (Å²) in [6, 6.07) is 57.5. The normalized spacial score (nSPS) is 11.3. The monoisotopic (exact) mass is 692 g/mol. The second-order valence-electron chi connectivity index (χ2n) is 11.9. The first kappa shape index (κ1) is 29.2. The van der Waals surface area contributed by atoms with Crippen LogP contribution in [0.4, 0.5) is 0 Å². The van der Waals surface area contributed by atoms with Gasteiger partial charge in [0.2, 0.25) is 0 Å². The molecule has 9 rings (SSSR count). The molecule has 0 N–H and O–H groups in total. The van der Waals surface area contributed by atoms with Gasteiger partial charge in [-0.15, -0.1) is 0 Å². The van der Waals surface area contributed by atoms with Crippen LogP contribution in [-0.2, 0) is 0 Å². The number of rotatable bonds is 6. The van der Waals surface area contributed by atoms with Crippen molar-refractivity contribution in [3.8, 4) is 67.2 Å². The van der Waals surface area contributed by atoms with Crippen molar-refractivity contribution in [1.82, 2.24) is 20.4 Å². The summed E-state index contributed by atoms with van der Waals surface area (Å²) in [5.74, 6) is 0. The van der Waals surface area contributed by atoms with Crippen molar-refractivity contribution >= 4 is 33.8 Å². The van der Waals surface area contributed by atoms with Crippen molar-refractivity contribution in [1.29, 1.82) is 0 Å². The number of hydrogen-bond acceptors (Lipinski definition) is 4. The van der Waals surface area contributed by atoms with Crippen LogP contribution in [0.15, 0.2) is 170 Å². The molecule has 49 heavy (non-hydrogen) atoms. The maximum atomic E-state index is 4.91. The van der Waals surface area contributed by atoms with Crippen molar-refractivity contribution in [2.45, 2.75) is 0 Å². The van der Waals surface area contributed by atoms with Crippen molar-refractivity contribution in [2.24, 2.45) is 0 Å². The fourth-order valence-electron chi connectivity index (χ4n) is 6.88. The van der Waals surface area contributed by atoms with Gasteiger partial charge in [0, 0.05) is 0 Å². The van der Waals surface area contributed by atoms with Crippen LogP contribution in [0.2, 0.25) is 0 Å². The fraction of sp³-hybridized carbons (Fsp3) is 0. The molecule has 0 atom stereocenters. The van der Waals surface area contributed by atoms with Crippen molar-refractivity contribution in [3.63, 3.8) is 0 Å². The van der Waals surface area contributed by atoms with E-state index in [2.05, 4.69) is 144 Å². The number of fused-ring (bicyclic) bond motifs is 3. The van der Waals surface area contributed by atoms with Gasteiger partial charge in [0.1, 0.15) is 0 Å². The number of benzene rings is 6. The number of hydrogen-bond donors (Lipinski definition) is 0. The minimum atomic E-state index is 0.178. The first-order valence-corrected chi connectivity index (χ1v) is 18.0. The second kappa shape index (κ2) is 12.6. The molecule has 0 aliphatic rings. The number of pyridine rings is 1. The Hall–Kier alpha value is -6.00. The molecule has 0 saturated carbocycles. The minimum absolute atomic E-state index is 0.178. The number of aromatic nitrogens is 4. The average molecular weight is 692 g/mol. The summed E-state index contributed by atoms with van der Waals surface area (Å²) in [5, 5.41) is 16.6. The van der Waals surface area contributed by atoms with Gasteiger partial charge in [-0.25, -0.2) is 0 Å². The summed E-state index contributed by atoms with van der Waals surface area (Å²) in [5.41, 5.74) is 12.1. The standard InChI is InChI=1S/C44H28N4Se/c1-4-15-29(16-5-1)32-22-14-23-35(44-39(30-17-6-2-7-18-30)43(46-48-47-44)31-19-8-3-9-20-31)40(32)42-33(36-24-12-13-28-45-36)26-27-38-41(42)34-21-10-11-25-37(34)49-38/h1-28H. The van der Waals surface area contributed by atoms with Crippen molar-refractivity contribution in [2.75, 3.05) is 0 Å². The molecule has 230 valence electrons. The molecule has 6 aromatic carbocycles. The summed E-state index contributed by atoms with van der Waals surface area (Å²) in [4.78, 5) is 4.91. The van der Waals surface area contributed by atoms with Crippen LogP contribution in [0.5, 0.6) is 0 Å². The van der Waals surface area contributed by atoms with Gasteiger partial charge in [0.15, 0.2) is 0 Å². The molecule has 0 bridgehead atoms. The van der Waals surface area contributed by atoms with E-state index in [9.17, 15) is 0 Å². The molecular weight excluding hydrogens is 663 g/mol. The Kier molecular flexibility index (Phi) is 7.47. The molecule has 0 saturated heterocycles. The Morgan fingerprint density at radius 3 is 1.80 bits per heavy atom. The third-order valence-electron chi connectivity index (χ3n) is 9.01. The van der Waals surface area contributed by atoms with E-state index >= 15 is 0 Å². The Balaban J connectivity index is 1.47. The Bertz CT molecular complexity index is 2580. The predicted molar refractivity (Wildman–Crippen MR) is 202 cm³/mol. The first-order valence-electron chi connectivity index (χ1n) is 16.2. The number of nitrogens with zero attached hydrogens (tertiary/aromatic N) is 4. The zero-order chi connectivity index (χ0) is 32.6. The van der Waals surface area contributed by atoms with Crippen LogP contribution in [0.1, 0.15) is 0 Å². The van der Waals surface area contributed by atoms with Crippen LogP contribution in [0.3, 0.4) is 0 Å². The van der Waals surface area contributed by atoms with E-state index in [0.717, 1.165) is 67.2 Å². The van der Waals surface area contributed by atoms with E-state index in [-0.39, 0.29) is 14.5 Å².